The smallest absolute Gasteiger partial charge is 0.269 e. The zero-order chi connectivity index (χ0) is 21.5. The van der Waals surface area contributed by atoms with Crippen molar-refractivity contribution < 1.29 is 24.1 Å². The van der Waals surface area contributed by atoms with E-state index in [1.807, 2.05) is 0 Å². The number of halogens is 1. The summed E-state index contributed by atoms with van der Waals surface area (Å²) in [6.45, 7) is 3.27. The van der Waals surface area contributed by atoms with E-state index in [1.54, 1.807) is 26.0 Å². The van der Waals surface area contributed by atoms with E-state index in [2.05, 4.69) is 30.9 Å². The topological polar surface area (TPSA) is 142 Å². The van der Waals surface area contributed by atoms with Gasteiger partial charge in [-0.3, -0.25) is 4.79 Å². The predicted molar refractivity (Wildman–Crippen MR) is 106 cm³/mol. The minimum atomic E-state index is -1.02. The Labute approximate surface area is 169 Å². The van der Waals surface area contributed by atoms with Crippen molar-refractivity contribution in [1.29, 1.82) is 0 Å². The summed E-state index contributed by atoms with van der Waals surface area (Å²) in [7, 11) is 0. The van der Waals surface area contributed by atoms with Gasteiger partial charge in [0.05, 0.1) is 6.20 Å². The van der Waals surface area contributed by atoms with Crippen molar-refractivity contribution in [2.75, 3.05) is 16.0 Å². The van der Waals surface area contributed by atoms with Crippen LogP contribution in [0.4, 0.5) is 33.5 Å². The second kappa shape index (κ2) is 7.03. The molecule has 11 heteroatoms. The molecule has 1 aromatic carbocycles. The molecule has 4 rings (SSSR count). The maximum Gasteiger partial charge on any atom is 0.269 e. The Morgan fingerprint density at radius 3 is 2.57 bits per heavy atom. The molecule has 0 bridgehead atoms. The van der Waals surface area contributed by atoms with Gasteiger partial charge < -0.3 is 30.9 Å². The Kier molecular flexibility index (Phi) is 4.49. The number of rotatable bonds is 4. The molecule has 2 aromatic heterocycles. The molecule has 0 radical (unpaired) electrons. The normalized spacial score (nSPS) is 14.3. The second-order valence-electron chi connectivity index (χ2n) is 6.99. The number of phenols is 2. The number of hydrogen-bond acceptors (Lipinski definition) is 9. The van der Waals surface area contributed by atoms with E-state index >= 15 is 0 Å². The van der Waals surface area contributed by atoms with E-state index < -0.39 is 11.4 Å². The van der Waals surface area contributed by atoms with Gasteiger partial charge in [-0.15, -0.1) is 0 Å². The molecule has 3 aromatic rings. The van der Waals surface area contributed by atoms with Crippen molar-refractivity contribution in [3.8, 4) is 17.2 Å². The van der Waals surface area contributed by atoms with Crippen molar-refractivity contribution in [1.82, 2.24) is 15.0 Å². The largest absolute Gasteiger partial charge is 0.508 e. The summed E-state index contributed by atoms with van der Waals surface area (Å²) in [5.74, 6) is -0.767. The van der Waals surface area contributed by atoms with Gasteiger partial charge in [-0.25, -0.2) is 14.4 Å². The summed E-state index contributed by atoms with van der Waals surface area (Å²) in [5.41, 5.74) is -0.720. The Morgan fingerprint density at radius 1 is 1.10 bits per heavy atom. The zero-order valence-corrected chi connectivity index (χ0v) is 15.9. The lowest BCUT2D eigenvalue weighted by molar-refractivity contribution is -0.129. The van der Waals surface area contributed by atoms with Crippen LogP contribution in [0.25, 0.3) is 0 Å². The molecule has 10 nitrogen and oxygen atoms in total. The highest BCUT2D eigenvalue weighted by molar-refractivity contribution is 5.99. The van der Waals surface area contributed by atoms with E-state index in [4.69, 9.17) is 4.74 Å². The van der Waals surface area contributed by atoms with Crippen LogP contribution in [0.15, 0.2) is 36.5 Å². The van der Waals surface area contributed by atoms with Crippen LogP contribution in [0, 0.1) is 5.82 Å². The number of nitrogens with zero attached hydrogens (tertiary/aromatic N) is 3. The fraction of sp³-hybridized carbons (Fsp3) is 0.158. The number of carbonyl (C=O) groups is 1. The number of nitrogens with one attached hydrogen (secondary N) is 3. The average molecular weight is 412 g/mol. The number of aromatic nitrogens is 3. The molecule has 30 heavy (non-hydrogen) atoms. The molecule has 3 heterocycles. The molecular formula is C19H17FN6O4. The van der Waals surface area contributed by atoms with Crippen LogP contribution in [0.2, 0.25) is 0 Å². The minimum Gasteiger partial charge on any atom is -0.508 e. The van der Waals surface area contributed by atoms with Crippen LogP contribution in [-0.2, 0) is 4.79 Å². The first-order valence-corrected chi connectivity index (χ1v) is 8.81. The summed E-state index contributed by atoms with van der Waals surface area (Å²) >= 11 is 0. The van der Waals surface area contributed by atoms with Gasteiger partial charge in [-0.2, -0.15) is 4.98 Å². The molecule has 0 atom stereocenters. The van der Waals surface area contributed by atoms with Gasteiger partial charge in [-0.1, -0.05) is 0 Å². The number of pyridine rings is 1. The van der Waals surface area contributed by atoms with Gasteiger partial charge in [0.2, 0.25) is 5.95 Å². The maximum atomic E-state index is 14.2. The van der Waals surface area contributed by atoms with E-state index in [0.29, 0.717) is 11.4 Å². The van der Waals surface area contributed by atoms with Crippen LogP contribution in [0.1, 0.15) is 13.8 Å². The van der Waals surface area contributed by atoms with E-state index in [0.717, 1.165) is 12.3 Å². The molecule has 0 fully saturated rings. The second-order valence-corrected chi connectivity index (χ2v) is 6.99. The highest BCUT2D eigenvalue weighted by Crippen LogP contribution is 2.33. The summed E-state index contributed by atoms with van der Waals surface area (Å²) in [5, 5.41) is 27.2. The van der Waals surface area contributed by atoms with Gasteiger partial charge in [-0.05, 0) is 26.0 Å². The fourth-order valence-corrected chi connectivity index (χ4v) is 2.70. The van der Waals surface area contributed by atoms with Crippen LogP contribution in [-0.4, -0.2) is 36.7 Å². The summed E-state index contributed by atoms with van der Waals surface area (Å²) in [4.78, 5) is 24.1. The first-order chi connectivity index (χ1) is 14.2. The number of amides is 1. The maximum absolute atomic E-state index is 14.2. The van der Waals surface area contributed by atoms with Crippen LogP contribution >= 0.6 is 0 Å². The molecule has 0 aliphatic carbocycles. The van der Waals surface area contributed by atoms with Crippen molar-refractivity contribution >= 4 is 35.0 Å². The lowest BCUT2D eigenvalue weighted by atomic mass is 10.1. The van der Waals surface area contributed by atoms with Gasteiger partial charge in [0.15, 0.2) is 28.8 Å². The van der Waals surface area contributed by atoms with Gasteiger partial charge in [0.25, 0.3) is 5.91 Å². The third-order valence-corrected chi connectivity index (χ3v) is 4.15. The minimum absolute atomic E-state index is 0.0141. The monoisotopic (exact) mass is 412 g/mol. The molecule has 0 spiro atoms. The standard InChI is InChI=1S/C19H17FN6O4/c1-19(2)17(29)25-16-13(30-19)3-4-14(24-16)23-15-12(20)8-21-18(26-15)22-9-5-10(27)7-11(28)6-9/h3-8,27-28H,1-2H3,(H3,21,22,23,24,25,26,29). The molecule has 1 aliphatic rings. The van der Waals surface area contributed by atoms with Crippen molar-refractivity contribution in [2.24, 2.45) is 0 Å². The number of ether oxygens (including phenoxy) is 1. The quantitative estimate of drug-likeness (QED) is 0.437. The third-order valence-electron chi connectivity index (χ3n) is 4.15. The molecule has 0 saturated heterocycles. The molecule has 5 N–H and O–H groups in total. The lowest BCUT2D eigenvalue weighted by Gasteiger charge is -2.30. The Balaban J connectivity index is 1.57. The van der Waals surface area contributed by atoms with Gasteiger partial charge in [0, 0.05) is 23.9 Å². The number of hydrogen-bond donors (Lipinski definition) is 5. The van der Waals surface area contributed by atoms with Gasteiger partial charge >= 0.3 is 0 Å². The first kappa shape index (κ1) is 19.2. The van der Waals surface area contributed by atoms with E-state index in [9.17, 15) is 19.4 Å². The summed E-state index contributed by atoms with van der Waals surface area (Å²) in [6.07, 6.45) is 0.951. The number of benzene rings is 1. The fourth-order valence-electron chi connectivity index (χ4n) is 2.70. The Hall–Kier alpha value is -4.15. The van der Waals surface area contributed by atoms with Crippen LogP contribution in [0.3, 0.4) is 0 Å². The van der Waals surface area contributed by atoms with Crippen LogP contribution < -0.4 is 20.7 Å². The summed E-state index contributed by atoms with van der Waals surface area (Å²) < 4.78 is 19.8. The summed E-state index contributed by atoms with van der Waals surface area (Å²) in [6, 6.07) is 6.99. The zero-order valence-electron chi connectivity index (χ0n) is 15.9. The molecule has 154 valence electrons. The molecule has 0 saturated carbocycles. The highest BCUT2D eigenvalue weighted by Gasteiger charge is 2.36. The Morgan fingerprint density at radius 2 is 1.83 bits per heavy atom. The highest BCUT2D eigenvalue weighted by atomic mass is 19.1. The van der Waals surface area contributed by atoms with Crippen molar-refractivity contribution in [2.45, 2.75) is 19.4 Å². The Bertz CT molecular complexity index is 1130. The number of fused-ring (bicyclic) bond motifs is 1. The van der Waals surface area contributed by atoms with Gasteiger partial charge in [0.1, 0.15) is 17.3 Å². The molecule has 1 amide bonds. The number of phenolic OH excluding ortho intramolecular Hbond substituents is 2. The lowest BCUT2D eigenvalue weighted by Crippen LogP contribution is -2.46. The van der Waals surface area contributed by atoms with Crippen molar-refractivity contribution in [3.63, 3.8) is 0 Å². The number of aromatic hydroxyl groups is 2. The third kappa shape index (κ3) is 3.85. The SMILES string of the molecule is CC1(C)Oc2ccc(Nc3nc(Nc4cc(O)cc(O)c4)ncc3F)nc2NC1=O. The van der Waals surface area contributed by atoms with E-state index in [1.165, 1.54) is 12.1 Å². The van der Waals surface area contributed by atoms with Crippen molar-refractivity contribution in [3.05, 3.63) is 42.3 Å². The van der Waals surface area contributed by atoms with Crippen LogP contribution in [0.5, 0.6) is 17.2 Å². The average Bonchev–Trinajstić information content (AvgIpc) is 2.65. The molecular weight excluding hydrogens is 395 g/mol. The predicted octanol–water partition coefficient (Wildman–Crippen LogP) is 3.02. The van der Waals surface area contributed by atoms with E-state index in [-0.39, 0.29) is 40.8 Å². The molecule has 0 unspecified atom stereocenters. The molecule has 1 aliphatic heterocycles. The number of anilines is 5. The number of carbonyl (C=O) groups excluding carboxylic acids is 1. The first-order valence-electron chi connectivity index (χ1n) is 8.81.